The highest BCUT2D eigenvalue weighted by molar-refractivity contribution is 6.39. The van der Waals surface area contributed by atoms with E-state index in [9.17, 15) is 0 Å². The minimum Gasteiger partial charge on any atom is -0.309 e. The molecule has 0 amide bonds. The number of aromatic nitrogens is 1. The van der Waals surface area contributed by atoms with Crippen LogP contribution in [0.4, 0.5) is 0 Å². The molecule has 6 aromatic rings. The van der Waals surface area contributed by atoms with Crippen LogP contribution in [0.5, 0.6) is 0 Å². The summed E-state index contributed by atoms with van der Waals surface area (Å²) in [7, 11) is 4.03. The number of nitrogens with zero attached hydrogens (tertiary/aromatic N) is 1. The van der Waals surface area contributed by atoms with Gasteiger partial charge in [0.1, 0.15) is 0 Å². The van der Waals surface area contributed by atoms with Crippen molar-refractivity contribution < 1.29 is 0 Å². The van der Waals surface area contributed by atoms with E-state index in [1.807, 2.05) is 0 Å². The molecule has 5 aromatic carbocycles. The minimum absolute atomic E-state index is 0.101. The fraction of sp³-hybridized carbons (Fsp3) is 0.0968. The van der Waals surface area contributed by atoms with Gasteiger partial charge in [-0.3, -0.25) is 0 Å². The van der Waals surface area contributed by atoms with Crippen LogP contribution in [0.1, 0.15) is 25.0 Å². The Labute approximate surface area is 196 Å². The maximum Gasteiger partial charge on any atom is 0.0721 e. The summed E-state index contributed by atoms with van der Waals surface area (Å²) < 4.78 is 2.48. The summed E-state index contributed by atoms with van der Waals surface area (Å²) >= 11 is 0. The molecule has 0 N–H and O–H groups in total. The molecule has 7 rings (SSSR count). The van der Waals surface area contributed by atoms with Gasteiger partial charge in [-0.25, -0.2) is 0 Å². The van der Waals surface area contributed by atoms with E-state index < -0.39 is 0 Å². The first-order chi connectivity index (χ1) is 16.1. The Balaban J connectivity index is 1.70. The molecule has 155 valence electrons. The zero-order valence-corrected chi connectivity index (χ0v) is 19.7. The van der Waals surface area contributed by atoms with Crippen molar-refractivity contribution in [3.8, 4) is 16.8 Å². The van der Waals surface area contributed by atoms with E-state index >= 15 is 0 Å². The monoisotopic (exact) mass is 436 g/mol. The van der Waals surface area contributed by atoms with Crippen LogP contribution in [0.3, 0.4) is 0 Å². The number of hydrogen-bond acceptors (Lipinski definition) is 0. The Morgan fingerprint density at radius 1 is 0.697 bits per heavy atom. The lowest BCUT2D eigenvalue weighted by atomic mass is 9.81. The van der Waals surface area contributed by atoms with Crippen molar-refractivity contribution in [1.29, 1.82) is 0 Å². The Kier molecular flexibility index (Phi) is 3.70. The number of benzene rings is 5. The molecular formula is C31H22NSi. The second-order valence-corrected chi connectivity index (χ2v) is 10.2. The van der Waals surface area contributed by atoms with Crippen LogP contribution in [-0.4, -0.2) is 14.8 Å². The van der Waals surface area contributed by atoms with Crippen molar-refractivity contribution in [3.05, 3.63) is 108 Å². The molecule has 0 saturated carbocycles. The van der Waals surface area contributed by atoms with Gasteiger partial charge in [0, 0.05) is 21.9 Å². The molecule has 0 saturated heterocycles. The third kappa shape index (κ3) is 2.42. The summed E-state index contributed by atoms with van der Waals surface area (Å²) in [4.78, 5) is 0. The van der Waals surface area contributed by atoms with Gasteiger partial charge >= 0.3 is 0 Å². The van der Waals surface area contributed by atoms with E-state index in [-0.39, 0.29) is 5.41 Å². The molecule has 0 atom stereocenters. The van der Waals surface area contributed by atoms with Crippen LogP contribution in [0, 0.1) is 0 Å². The first-order valence-electron chi connectivity index (χ1n) is 11.5. The van der Waals surface area contributed by atoms with Gasteiger partial charge in [-0.1, -0.05) is 97.9 Å². The Morgan fingerprint density at radius 3 is 2.30 bits per heavy atom. The number of hydrogen-bond donors (Lipinski definition) is 0. The van der Waals surface area contributed by atoms with Crippen LogP contribution in [0.2, 0.25) is 0 Å². The summed E-state index contributed by atoms with van der Waals surface area (Å²) in [5.41, 5.74) is 9.10. The summed E-state index contributed by atoms with van der Waals surface area (Å²) in [6.45, 7) is 4.73. The van der Waals surface area contributed by atoms with Crippen molar-refractivity contribution in [2.75, 3.05) is 0 Å². The first-order valence-corrected chi connectivity index (χ1v) is 12.0. The summed E-state index contributed by atoms with van der Waals surface area (Å²) in [6, 6.07) is 35.4. The second kappa shape index (κ2) is 6.46. The van der Waals surface area contributed by atoms with Gasteiger partial charge in [-0.15, -0.1) is 0 Å². The van der Waals surface area contributed by atoms with E-state index in [1.54, 1.807) is 0 Å². The van der Waals surface area contributed by atoms with Crippen LogP contribution in [-0.2, 0) is 5.41 Å². The van der Waals surface area contributed by atoms with Gasteiger partial charge in [-0.05, 0) is 51.2 Å². The number of rotatable bonds is 1. The molecule has 0 spiro atoms. The van der Waals surface area contributed by atoms with E-state index in [4.69, 9.17) is 0 Å². The molecule has 1 aromatic heterocycles. The van der Waals surface area contributed by atoms with Crippen molar-refractivity contribution >= 4 is 48.0 Å². The van der Waals surface area contributed by atoms with Crippen molar-refractivity contribution in [1.82, 2.24) is 4.57 Å². The van der Waals surface area contributed by atoms with Gasteiger partial charge < -0.3 is 4.57 Å². The van der Waals surface area contributed by atoms with E-state index in [0.29, 0.717) is 0 Å². The normalized spacial score (nSPS) is 14.2. The lowest BCUT2D eigenvalue weighted by Gasteiger charge is -2.24. The Morgan fingerprint density at radius 2 is 1.42 bits per heavy atom. The average Bonchev–Trinajstić information content (AvgIpc) is 3.28. The third-order valence-corrected chi connectivity index (χ3v) is 7.84. The van der Waals surface area contributed by atoms with Crippen LogP contribution in [0.15, 0.2) is 97.1 Å². The number of para-hydroxylation sites is 1. The molecular weight excluding hydrogens is 414 g/mol. The summed E-state index contributed by atoms with van der Waals surface area (Å²) in [5, 5.41) is 6.27. The molecule has 1 heterocycles. The highest BCUT2D eigenvalue weighted by atomic mass is 28.1. The highest BCUT2D eigenvalue weighted by Crippen LogP contribution is 2.52. The van der Waals surface area contributed by atoms with E-state index in [2.05, 4.69) is 126 Å². The van der Waals surface area contributed by atoms with Crippen molar-refractivity contribution in [3.63, 3.8) is 0 Å². The van der Waals surface area contributed by atoms with Crippen molar-refractivity contribution in [2.45, 2.75) is 19.3 Å². The molecule has 1 aliphatic carbocycles. The smallest absolute Gasteiger partial charge is 0.0721 e. The van der Waals surface area contributed by atoms with Gasteiger partial charge in [0.15, 0.2) is 0 Å². The van der Waals surface area contributed by atoms with Gasteiger partial charge in [0.2, 0.25) is 0 Å². The second-order valence-electron chi connectivity index (χ2n) is 9.62. The third-order valence-electron chi connectivity index (χ3n) is 7.44. The van der Waals surface area contributed by atoms with Gasteiger partial charge in [-0.2, -0.15) is 0 Å². The predicted molar refractivity (Wildman–Crippen MR) is 141 cm³/mol. The molecule has 0 bridgehead atoms. The molecule has 3 radical (unpaired) electrons. The highest BCUT2D eigenvalue weighted by Gasteiger charge is 2.39. The predicted octanol–water partition coefficient (Wildman–Crippen LogP) is 7.04. The zero-order valence-electron chi connectivity index (χ0n) is 18.7. The molecule has 1 aliphatic rings. The summed E-state index contributed by atoms with van der Waals surface area (Å²) in [6.07, 6.45) is 0. The SMILES string of the molecule is CC1(C)c2ccccc2-c2c([Si])cc3c4ccccc4n(-c4ccc5ccccc5c4)c3c21. The lowest BCUT2D eigenvalue weighted by molar-refractivity contribution is 0.664. The Bertz CT molecular complexity index is 1750. The maximum atomic E-state index is 4.03. The van der Waals surface area contributed by atoms with Crippen LogP contribution in [0.25, 0.3) is 49.4 Å². The minimum atomic E-state index is -0.101. The lowest BCUT2D eigenvalue weighted by Crippen LogP contribution is -2.18. The molecule has 2 heteroatoms. The first kappa shape index (κ1) is 18.9. The quantitative estimate of drug-likeness (QED) is 0.244. The van der Waals surface area contributed by atoms with Gasteiger partial charge in [0.25, 0.3) is 0 Å². The van der Waals surface area contributed by atoms with Crippen molar-refractivity contribution in [2.24, 2.45) is 0 Å². The fourth-order valence-corrected chi connectivity index (χ4v) is 6.38. The summed E-state index contributed by atoms with van der Waals surface area (Å²) in [5.74, 6) is 0. The fourth-order valence-electron chi connectivity index (χ4n) is 5.98. The van der Waals surface area contributed by atoms with Crippen LogP contribution < -0.4 is 5.19 Å². The Hall–Kier alpha value is -3.62. The molecule has 0 aliphatic heterocycles. The largest absolute Gasteiger partial charge is 0.309 e. The molecule has 1 nitrogen and oxygen atoms in total. The van der Waals surface area contributed by atoms with E-state index in [1.165, 1.54) is 60.5 Å². The standard InChI is InChI=1S/C31H22NSi/c1-31(2)25-13-7-5-12-23(25)28-27(33)18-24-22-11-6-8-14-26(22)32(30(24)29(28)31)21-16-15-19-9-3-4-10-20(19)17-21/h3-18H,1-2H3. The zero-order chi connectivity index (χ0) is 22.3. The molecule has 0 fully saturated rings. The topological polar surface area (TPSA) is 4.93 Å². The van der Waals surface area contributed by atoms with E-state index in [0.717, 1.165) is 5.19 Å². The maximum absolute atomic E-state index is 4.03. The average molecular weight is 437 g/mol. The number of fused-ring (bicyclic) bond motifs is 8. The van der Waals surface area contributed by atoms with Gasteiger partial charge in [0.05, 0.1) is 21.3 Å². The van der Waals surface area contributed by atoms with Crippen LogP contribution >= 0.6 is 0 Å². The molecule has 0 unspecified atom stereocenters. The molecule has 33 heavy (non-hydrogen) atoms.